The van der Waals surface area contributed by atoms with Crippen molar-refractivity contribution in [2.24, 2.45) is 10.7 Å². The summed E-state index contributed by atoms with van der Waals surface area (Å²) in [6.45, 7) is 7.57. The minimum Gasteiger partial charge on any atom is -0.382 e. The first-order chi connectivity index (χ1) is 12.2. The summed E-state index contributed by atoms with van der Waals surface area (Å²) < 4.78 is 24.3. The highest BCUT2D eigenvalue weighted by Crippen LogP contribution is 2.23. The van der Waals surface area contributed by atoms with E-state index in [0.29, 0.717) is 32.3 Å². The highest BCUT2D eigenvalue weighted by molar-refractivity contribution is 5.77. The molecule has 0 amide bonds. The van der Waals surface area contributed by atoms with Crippen LogP contribution in [-0.4, -0.2) is 63.5 Å². The Balaban J connectivity index is 1.94. The van der Waals surface area contributed by atoms with Gasteiger partial charge in [-0.2, -0.15) is 0 Å². The number of aliphatic imine (C=N–C) groups is 1. The normalized spacial score (nSPS) is 17.4. The van der Waals surface area contributed by atoms with Gasteiger partial charge in [0.15, 0.2) is 5.96 Å². The van der Waals surface area contributed by atoms with Crippen molar-refractivity contribution in [2.75, 3.05) is 52.6 Å². The largest absolute Gasteiger partial charge is 0.382 e. The number of hydrogen-bond acceptors (Lipinski definition) is 4. The van der Waals surface area contributed by atoms with Crippen molar-refractivity contribution >= 4 is 5.96 Å². The molecule has 1 atom stereocenters. The van der Waals surface area contributed by atoms with Crippen molar-refractivity contribution in [1.82, 2.24) is 10.2 Å². The minimum atomic E-state index is -0.234. The summed E-state index contributed by atoms with van der Waals surface area (Å²) in [4.78, 5) is 6.73. The van der Waals surface area contributed by atoms with Gasteiger partial charge in [0.05, 0.1) is 25.8 Å². The Morgan fingerprint density at radius 3 is 2.96 bits per heavy atom. The molecular formula is C18H29FN4O2. The molecular weight excluding hydrogens is 323 g/mol. The second-order valence-electron chi connectivity index (χ2n) is 5.92. The highest BCUT2D eigenvalue weighted by Gasteiger charge is 2.22. The average Bonchev–Trinajstić information content (AvgIpc) is 2.63. The van der Waals surface area contributed by atoms with E-state index in [4.69, 9.17) is 15.2 Å². The lowest BCUT2D eigenvalue weighted by atomic mass is 10.0. The van der Waals surface area contributed by atoms with Crippen molar-refractivity contribution < 1.29 is 13.9 Å². The maximum atomic E-state index is 13.6. The number of benzene rings is 1. The highest BCUT2D eigenvalue weighted by atomic mass is 19.1. The van der Waals surface area contributed by atoms with Crippen molar-refractivity contribution in [3.05, 3.63) is 35.6 Å². The van der Waals surface area contributed by atoms with Crippen LogP contribution in [0.25, 0.3) is 0 Å². The van der Waals surface area contributed by atoms with Crippen LogP contribution < -0.4 is 11.1 Å². The van der Waals surface area contributed by atoms with E-state index in [9.17, 15) is 4.39 Å². The third-order valence-corrected chi connectivity index (χ3v) is 4.13. The number of ether oxygens (including phenoxy) is 2. The van der Waals surface area contributed by atoms with Crippen LogP contribution in [0.2, 0.25) is 0 Å². The van der Waals surface area contributed by atoms with Crippen molar-refractivity contribution in [2.45, 2.75) is 19.4 Å². The molecule has 2 rings (SSSR count). The summed E-state index contributed by atoms with van der Waals surface area (Å²) in [5.74, 6) is 0.174. The third kappa shape index (κ3) is 6.97. The van der Waals surface area contributed by atoms with Gasteiger partial charge in [0.2, 0.25) is 0 Å². The predicted molar refractivity (Wildman–Crippen MR) is 97.1 cm³/mol. The molecule has 0 saturated carbocycles. The maximum absolute atomic E-state index is 13.6. The summed E-state index contributed by atoms with van der Waals surface area (Å²) in [6, 6.07) is 6.68. The van der Waals surface area contributed by atoms with Crippen LogP contribution in [0.15, 0.2) is 29.3 Å². The third-order valence-electron chi connectivity index (χ3n) is 4.13. The summed E-state index contributed by atoms with van der Waals surface area (Å²) in [5.41, 5.74) is 6.87. The van der Waals surface area contributed by atoms with Gasteiger partial charge in [-0.1, -0.05) is 12.1 Å². The van der Waals surface area contributed by atoms with Gasteiger partial charge in [0.25, 0.3) is 0 Å². The summed E-state index contributed by atoms with van der Waals surface area (Å²) in [7, 11) is 0. The van der Waals surface area contributed by atoms with Crippen LogP contribution in [0, 0.1) is 5.82 Å². The van der Waals surface area contributed by atoms with Gasteiger partial charge in [-0.15, -0.1) is 0 Å². The van der Waals surface area contributed by atoms with Gasteiger partial charge >= 0.3 is 0 Å². The van der Waals surface area contributed by atoms with Crippen LogP contribution in [0.3, 0.4) is 0 Å². The minimum absolute atomic E-state index is 0.0108. The molecule has 0 radical (unpaired) electrons. The quantitative estimate of drug-likeness (QED) is 0.401. The van der Waals surface area contributed by atoms with Crippen LogP contribution in [-0.2, 0) is 9.47 Å². The van der Waals surface area contributed by atoms with E-state index in [1.807, 2.05) is 13.0 Å². The van der Waals surface area contributed by atoms with Crippen molar-refractivity contribution in [3.8, 4) is 0 Å². The topological polar surface area (TPSA) is 72.1 Å². The van der Waals surface area contributed by atoms with E-state index >= 15 is 0 Å². The molecule has 3 N–H and O–H groups in total. The Hall–Kier alpha value is -1.70. The fourth-order valence-corrected chi connectivity index (χ4v) is 2.81. The van der Waals surface area contributed by atoms with Crippen LogP contribution in [0.5, 0.6) is 0 Å². The summed E-state index contributed by atoms with van der Waals surface area (Å²) in [6.07, 6.45) is 0.876. The van der Waals surface area contributed by atoms with Crippen LogP contribution in [0.4, 0.5) is 4.39 Å². The molecule has 1 aliphatic rings. The lowest BCUT2D eigenvalue weighted by molar-refractivity contribution is 0.0179. The van der Waals surface area contributed by atoms with Gasteiger partial charge < -0.3 is 20.5 Å². The van der Waals surface area contributed by atoms with Crippen molar-refractivity contribution in [3.63, 3.8) is 0 Å². The van der Waals surface area contributed by atoms with Crippen LogP contribution in [0.1, 0.15) is 24.9 Å². The van der Waals surface area contributed by atoms with E-state index in [1.165, 1.54) is 6.07 Å². The van der Waals surface area contributed by atoms with E-state index < -0.39 is 0 Å². The number of guanidine groups is 1. The molecule has 1 aromatic carbocycles. The fraction of sp³-hybridized carbons (Fsp3) is 0.611. The predicted octanol–water partition coefficient (Wildman–Crippen LogP) is 1.53. The first kappa shape index (κ1) is 19.6. The fourth-order valence-electron chi connectivity index (χ4n) is 2.81. The molecule has 0 aliphatic carbocycles. The molecule has 25 heavy (non-hydrogen) atoms. The Morgan fingerprint density at radius 1 is 1.44 bits per heavy atom. The molecule has 6 nitrogen and oxygen atoms in total. The zero-order valence-electron chi connectivity index (χ0n) is 14.9. The van der Waals surface area contributed by atoms with E-state index in [-0.39, 0.29) is 11.9 Å². The second-order valence-corrected chi connectivity index (χ2v) is 5.92. The Labute approximate surface area is 149 Å². The summed E-state index contributed by atoms with van der Waals surface area (Å²) in [5, 5.41) is 3.09. The standard InChI is InChI=1S/C18H29FN4O2/c1-2-24-10-4-7-21-18(20)22-14-17(23-8-11-25-12-9-23)15-5-3-6-16(19)13-15/h3,5-6,13,17H,2,4,7-12,14H2,1H3,(H3,20,21,22). The molecule has 1 heterocycles. The Kier molecular flexibility index (Phi) is 8.65. The van der Waals surface area contributed by atoms with Crippen LogP contribution >= 0.6 is 0 Å². The number of halogens is 1. The average molecular weight is 352 g/mol. The molecule has 0 spiro atoms. The molecule has 1 aromatic rings. The van der Waals surface area contributed by atoms with Gasteiger partial charge in [0, 0.05) is 32.8 Å². The molecule has 1 unspecified atom stereocenters. The Morgan fingerprint density at radius 2 is 2.24 bits per heavy atom. The maximum Gasteiger partial charge on any atom is 0.188 e. The molecule has 7 heteroatoms. The first-order valence-corrected chi connectivity index (χ1v) is 8.89. The molecule has 140 valence electrons. The number of rotatable bonds is 9. The van der Waals surface area contributed by atoms with Gasteiger partial charge in [-0.05, 0) is 31.0 Å². The van der Waals surface area contributed by atoms with E-state index in [1.54, 1.807) is 12.1 Å². The molecule has 1 aliphatic heterocycles. The smallest absolute Gasteiger partial charge is 0.188 e. The van der Waals surface area contributed by atoms with Gasteiger partial charge in [-0.25, -0.2) is 4.39 Å². The first-order valence-electron chi connectivity index (χ1n) is 8.89. The molecule has 1 saturated heterocycles. The monoisotopic (exact) mass is 352 g/mol. The van der Waals surface area contributed by atoms with E-state index in [2.05, 4.69) is 15.2 Å². The Bertz CT molecular complexity index is 536. The SMILES string of the molecule is CCOCCCNC(N)=NCC(c1cccc(F)c1)N1CCOCC1. The zero-order valence-corrected chi connectivity index (χ0v) is 14.9. The second kappa shape index (κ2) is 11.0. The lowest BCUT2D eigenvalue weighted by Crippen LogP contribution is -2.41. The molecule has 0 aromatic heterocycles. The molecule has 0 bridgehead atoms. The summed E-state index contributed by atoms with van der Waals surface area (Å²) >= 11 is 0. The number of hydrogen-bond donors (Lipinski definition) is 2. The van der Waals surface area contributed by atoms with E-state index in [0.717, 1.165) is 38.2 Å². The number of nitrogens with two attached hydrogens (primary N) is 1. The number of morpholine rings is 1. The zero-order chi connectivity index (χ0) is 17.9. The lowest BCUT2D eigenvalue weighted by Gasteiger charge is -2.34. The number of nitrogens with one attached hydrogen (secondary N) is 1. The van der Waals surface area contributed by atoms with Gasteiger partial charge in [0.1, 0.15) is 5.82 Å². The van der Waals surface area contributed by atoms with Crippen molar-refractivity contribution in [1.29, 1.82) is 0 Å². The number of nitrogens with zero attached hydrogens (tertiary/aromatic N) is 2. The molecule has 1 fully saturated rings. The van der Waals surface area contributed by atoms with Gasteiger partial charge in [-0.3, -0.25) is 9.89 Å².